The van der Waals surface area contributed by atoms with Gasteiger partial charge in [0.15, 0.2) is 0 Å². The molecule has 1 saturated carbocycles. The normalized spacial score (nSPS) is 13.9. The van der Waals surface area contributed by atoms with Gasteiger partial charge in [0.25, 0.3) is 0 Å². The predicted molar refractivity (Wildman–Crippen MR) is 96.8 cm³/mol. The average molecular weight is 339 g/mol. The van der Waals surface area contributed by atoms with Crippen molar-refractivity contribution in [3.8, 4) is 21.7 Å². The molecule has 1 aliphatic carbocycles. The van der Waals surface area contributed by atoms with Gasteiger partial charge in [-0.25, -0.2) is 14.4 Å². The van der Waals surface area contributed by atoms with Crippen molar-refractivity contribution in [2.75, 3.05) is 5.32 Å². The minimum Gasteiger partial charge on any atom is -0.367 e. The molecular weight excluding hydrogens is 321 g/mol. The van der Waals surface area contributed by atoms with Crippen LogP contribution < -0.4 is 5.32 Å². The molecular formula is C19H18FN3S. The third kappa shape index (κ3) is 3.17. The first kappa shape index (κ1) is 15.3. The van der Waals surface area contributed by atoms with Gasteiger partial charge in [0.1, 0.15) is 11.6 Å². The first-order chi connectivity index (χ1) is 11.7. The lowest BCUT2D eigenvalue weighted by molar-refractivity contribution is 0.628. The minimum absolute atomic E-state index is 0.230. The molecule has 4 rings (SSSR count). The largest absolute Gasteiger partial charge is 0.367 e. The molecule has 3 nitrogen and oxygen atoms in total. The molecule has 0 saturated heterocycles. The fraction of sp³-hybridized carbons (Fsp3) is 0.263. The van der Waals surface area contributed by atoms with E-state index in [1.165, 1.54) is 25.0 Å². The molecule has 24 heavy (non-hydrogen) atoms. The summed E-state index contributed by atoms with van der Waals surface area (Å²) in [6.45, 7) is 2.10. The number of hydrogen-bond acceptors (Lipinski definition) is 4. The Morgan fingerprint density at radius 3 is 2.67 bits per heavy atom. The number of rotatable bonds is 5. The molecule has 0 spiro atoms. The number of pyridine rings is 1. The van der Waals surface area contributed by atoms with Crippen LogP contribution in [0.5, 0.6) is 0 Å². The molecule has 0 unspecified atom stereocenters. The van der Waals surface area contributed by atoms with E-state index in [0.717, 1.165) is 38.9 Å². The first-order valence-electron chi connectivity index (χ1n) is 8.21. The number of halogens is 1. The molecule has 3 aromatic rings. The number of anilines is 1. The van der Waals surface area contributed by atoms with Crippen molar-refractivity contribution >= 4 is 17.2 Å². The van der Waals surface area contributed by atoms with Gasteiger partial charge in [0.2, 0.25) is 0 Å². The van der Waals surface area contributed by atoms with E-state index in [1.54, 1.807) is 23.5 Å². The summed E-state index contributed by atoms with van der Waals surface area (Å²) in [5, 5.41) is 4.52. The number of aryl methyl sites for hydroxylation is 1. The Bertz CT molecular complexity index is 853. The van der Waals surface area contributed by atoms with Gasteiger partial charge in [-0.05, 0) is 61.2 Å². The summed E-state index contributed by atoms with van der Waals surface area (Å²) in [5.74, 6) is 0.678. The topological polar surface area (TPSA) is 37.8 Å². The van der Waals surface area contributed by atoms with Gasteiger partial charge in [0.05, 0.1) is 15.6 Å². The van der Waals surface area contributed by atoms with Crippen molar-refractivity contribution in [3.05, 3.63) is 53.4 Å². The fourth-order valence-corrected chi connectivity index (χ4v) is 3.62. The highest BCUT2D eigenvalue weighted by atomic mass is 32.1. The quantitative estimate of drug-likeness (QED) is 0.699. The second-order valence-corrected chi connectivity index (χ2v) is 7.08. The van der Waals surface area contributed by atoms with Crippen LogP contribution in [-0.4, -0.2) is 16.0 Å². The summed E-state index contributed by atoms with van der Waals surface area (Å²) in [6.07, 6.45) is 5.15. The lowest BCUT2D eigenvalue weighted by atomic mass is 10.1. The Morgan fingerprint density at radius 2 is 1.96 bits per heavy atom. The van der Waals surface area contributed by atoms with Crippen molar-refractivity contribution in [1.29, 1.82) is 0 Å². The first-order valence-corrected chi connectivity index (χ1v) is 9.03. The van der Waals surface area contributed by atoms with E-state index < -0.39 is 0 Å². The van der Waals surface area contributed by atoms with Crippen LogP contribution in [0.15, 0.2) is 42.6 Å². The molecule has 0 radical (unpaired) electrons. The standard InChI is InChI=1S/C19H18FN3S/c1-2-17-23-18(12-3-5-14(20)6-4-12)19(24-17)13-9-10-21-16(11-13)22-15-7-8-15/h3-6,9-11,15H,2,7-8H2,1H3,(H,21,22). The lowest BCUT2D eigenvalue weighted by Crippen LogP contribution is -2.02. The Balaban J connectivity index is 1.76. The Labute approximate surface area is 144 Å². The Hall–Kier alpha value is -2.27. The molecule has 0 bridgehead atoms. The highest BCUT2D eigenvalue weighted by molar-refractivity contribution is 7.15. The zero-order valence-electron chi connectivity index (χ0n) is 13.4. The SMILES string of the molecule is CCc1nc(-c2ccc(F)cc2)c(-c2ccnc(NC3CC3)c2)s1. The zero-order valence-corrected chi connectivity index (χ0v) is 14.2. The number of thiazole rings is 1. The van der Waals surface area contributed by atoms with Gasteiger partial charge in [-0.2, -0.15) is 0 Å². The Kier molecular flexibility index (Phi) is 4.02. The van der Waals surface area contributed by atoms with Gasteiger partial charge in [0, 0.05) is 17.8 Å². The maximum absolute atomic E-state index is 13.2. The van der Waals surface area contributed by atoms with Crippen LogP contribution in [0.25, 0.3) is 21.7 Å². The van der Waals surface area contributed by atoms with Crippen molar-refractivity contribution in [1.82, 2.24) is 9.97 Å². The number of aromatic nitrogens is 2. The number of nitrogens with one attached hydrogen (secondary N) is 1. The smallest absolute Gasteiger partial charge is 0.126 e. The van der Waals surface area contributed by atoms with Crippen molar-refractivity contribution in [2.24, 2.45) is 0 Å². The highest BCUT2D eigenvalue weighted by Gasteiger charge is 2.22. The summed E-state index contributed by atoms with van der Waals surface area (Å²) in [5.41, 5.74) is 2.96. The lowest BCUT2D eigenvalue weighted by Gasteiger charge is -2.07. The summed E-state index contributed by atoms with van der Waals surface area (Å²) < 4.78 is 13.2. The summed E-state index contributed by atoms with van der Waals surface area (Å²) in [4.78, 5) is 10.3. The number of benzene rings is 1. The van der Waals surface area contributed by atoms with Gasteiger partial charge in [-0.3, -0.25) is 0 Å². The van der Waals surface area contributed by atoms with Gasteiger partial charge in [-0.15, -0.1) is 11.3 Å². The minimum atomic E-state index is -0.230. The van der Waals surface area contributed by atoms with Crippen LogP contribution in [-0.2, 0) is 6.42 Å². The molecule has 1 aromatic carbocycles. The van der Waals surface area contributed by atoms with Crippen LogP contribution in [0.4, 0.5) is 10.2 Å². The molecule has 0 aliphatic heterocycles. The average Bonchev–Trinajstić information content (AvgIpc) is 3.31. The van der Waals surface area contributed by atoms with Gasteiger partial charge < -0.3 is 5.32 Å². The third-order valence-electron chi connectivity index (χ3n) is 4.04. The summed E-state index contributed by atoms with van der Waals surface area (Å²) >= 11 is 1.69. The van der Waals surface area contributed by atoms with Crippen LogP contribution in [0.2, 0.25) is 0 Å². The molecule has 0 amide bonds. The molecule has 5 heteroatoms. The van der Waals surface area contributed by atoms with Gasteiger partial charge >= 0.3 is 0 Å². The van der Waals surface area contributed by atoms with E-state index >= 15 is 0 Å². The van der Waals surface area contributed by atoms with Crippen molar-refractivity contribution in [3.63, 3.8) is 0 Å². The highest BCUT2D eigenvalue weighted by Crippen LogP contribution is 2.38. The third-order valence-corrected chi connectivity index (χ3v) is 5.29. The van der Waals surface area contributed by atoms with E-state index in [4.69, 9.17) is 4.98 Å². The molecule has 0 atom stereocenters. The van der Waals surface area contributed by atoms with Gasteiger partial charge in [-0.1, -0.05) is 6.92 Å². The summed E-state index contributed by atoms with van der Waals surface area (Å²) in [6, 6.07) is 11.2. The zero-order chi connectivity index (χ0) is 16.5. The van der Waals surface area contributed by atoms with Crippen LogP contribution >= 0.6 is 11.3 Å². The second-order valence-electron chi connectivity index (χ2n) is 5.99. The maximum Gasteiger partial charge on any atom is 0.126 e. The predicted octanol–water partition coefficient (Wildman–Crippen LogP) is 5.15. The van der Waals surface area contributed by atoms with E-state index in [9.17, 15) is 4.39 Å². The number of hydrogen-bond donors (Lipinski definition) is 1. The van der Waals surface area contributed by atoms with Crippen LogP contribution in [0.3, 0.4) is 0 Å². The van der Waals surface area contributed by atoms with Crippen LogP contribution in [0, 0.1) is 5.82 Å². The number of nitrogens with zero attached hydrogens (tertiary/aromatic N) is 2. The fourth-order valence-electron chi connectivity index (χ4n) is 2.60. The second kappa shape index (κ2) is 6.32. The van der Waals surface area contributed by atoms with Crippen molar-refractivity contribution < 1.29 is 4.39 Å². The van der Waals surface area contributed by atoms with E-state index in [2.05, 4.69) is 23.3 Å². The van der Waals surface area contributed by atoms with Crippen molar-refractivity contribution in [2.45, 2.75) is 32.2 Å². The van der Waals surface area contributed by atoms with E-state index in [-0.39, 0.29) is 5.82 Å². The molecule has 2 aromatic heterocycles. The molecule has 1 fully saturated rings. The van der Waals surface area contributed by atoms with E-state index in [0.29, 0.717) is 6.04 Å². The molecule has 1 N–H and O–H groups in total. The molecule has 2 heterocycles. The Morgan fingerprint density at radius 1 is 1.17 bits per heavy atom. The monoisotopic (exact) mass is 339 g/mol. The molecule has 122 valence electrons. The van der Waals surface area contributed by atoms with E-state index in [1.807, 2.05) is 12.3 Å². The summed E-state index contributed by atoms with van der Waals surface area (Å²) in [7, 11) is 0. The van der Waals surface area contributed by atoms with Crippen LogP contribution in [0.1, 0.15) is 24.8 Å². The molecule has 1 aliphatic rings. The maximum atomic E-state index is 13.2.